The summed E-state index contributed by atoms with van der Waals surface area (Å²) in [5, 5.41) is 0.606. The van der Waals surface area contributed by atoms with E-state index in [1.54, 1.807) is 35.2 Å². The van der Waals surface area contributed by atoms with Gasteiger partial charge in [0.2, 0.25) is 0 Å². The number of halogens is 2. The summed E-state index contributed by atoms with van der Waals surface area (Å²) in [4.78, 5) is 14.6. The third kappa shape index (κ3) is 6.70. The Morgan fingerprint density at radius 1 is 1.00 bits per heavy atom. The first-order valence-electron chi connectivity index (χ1n) is 10.8. The van der Waals surface area contributed by atoms with E-state index in [1.807, 2.05) is 24.3 Å². The van der Waals surface area contributed by atoms with Crippen molar-refractivity contribution in [2.75, 3.05) is 33.0 Å². The van der Waals surface area contributed by atoms with Gasteiger partial charge in [0.1, 0.15) is 23.9 Å². The fourth-order valence-electron chi connectivity index (χ4n) is 3.65. The van der Waals surface area contributed by atoms with Crippen LogP contribution in [0.1, 0.15) is 16.7 Å². The summed E-state index contributed by atoms with van der Waals surface area (Å²) < 4.78 is 31.0. The summed E-state index contributed by atoms with van der Waals surface area (Å²) in [6, 6.07) is 19.4. The standard InChI is InChI=1S/C26H25ClFNO4/c27-22-4-7-24(8-5-22)33-18-26(30)29-10-11-31-12-13-32-25-9-6-23(28)16-21(25)15-19-2-1-3-20(14-19)17-29/h1-9,14,16H,10-13,15,17-18H2. The Morgan fingerprint density at radius 2 is 1.82 bits per heavy atom. The second-order valence-corrected chi connectivity index (χ2v) is 8.20. The minimum absolute atomic E-state index is 0.0862. The molecule has 5 nitrogen and oxygen atoms in total. The molecule has 172 valence electrons. The molecular weight excluding hydrogens is 445 g/mol. The van der Waals surface area contributed by atoms with Crippen LogP contribution >= 0.6 is 11.6 Å². The fourth-order valence-corrected chi connectivity index (χ4v) is 3.78. The van der Waals surface area contributed by atoms with E-state index in [9.17, 15) is 9.18 Å². The minimum atomic E-state index is -0.302. The number of amides is 1. The summed E-state index contributed by atoms with van der Waals surface area (Å²) in [7, 11) is 0. The van der Waals surface area contributed by atoms with Gasteiger partial charge in [-0.1, -0.05) is 35.9 Å². The van der Waals surface area contributed by atoms with E-state index < -0.39 is 0 Å². The van der Waals surface area contributed by atoms with E-state index in [1.165, 1.54) is 12.1 Å². The lowest BCUT2D eigenvalue weighted by Gasteiger charge is -2.24. The van der Waals surface area contributed by atoms with Crippen LogP contribution in [-0.4, -0.2) is 43.8 Å². The molecule has 1 aliphatic heterocycles. The molecule has 0 aliphatic carbocycles. The number of rotatable bonds is 3. The topological polar surface area (TPSA) is 48.0 Å². The van der Waals surface area contributed by atoms with E-state index in [2.05, 4.69) is 0 Å². The molecule has 1 aliphatic rings. The van der Waals surface area contributed by atoms with E-state index in [-0.39, 0.29) is 18.3 Å². The van der Waals surface area contributed by atoms with Gasteiger partial charge in [-0.2, -0.15) is 0 Å². The molecule has 0 saturated heterocycles. The van der Waals surface area contributed by atoms with Crippen molar-refractivity contribution in [2.24, 2.45) is 0 Å². The normalized spacial score (nSPS) is 14.5. The number of ether oxygens (including phenoxy) is 3. The van der Waals surface area contributed by atoms with Gasteiger partial charge < -0.3 is 19.1 Å². The highest BCUT2D eigenvalue weighted by atomic mass is 35.5. The van der Waals surface area contributed by atoms with Crippen LogP contribution in [0.3, 0.4) is 0 Å². The molecule has 2 bridgehead atoms. The molecule has 0 N–H and O–H groups in total. The van der Waals surface area contributed by atoms with Crippen molar-refractivity contribution in [3.8, 4) is 11.5 Å². The van der Waals surface area contributed by atoms with Crippen LogP contribution in [0.2, 0.25) is 5.02 Å². The molecular formula is C26H25ClFNO4. The quantitative estimate of drug-likeness (QED) is 0.548. The van der Waals surface area contributed by atoms with Gasteiger partial charge in [-0.3, -0.25) is 4.79 Å². The van der Waals surface area contributed by atoms with Crippen LogP contribution in [0.15, 0.2) is 66.7 Å². The van der Waals surface area contributed by atoms with Gasteiger partial charge in [0.15, 0.2) is 6.61 Å². The Hall–Kier alpha value is -3.09. The number of fused-ring (bicyclic) bond motifs is 3. The summed E-state index contributed by atoms with van der Waals surface area (Å²) in [6.07, 6.45) is 0.523. The minimum Gasteiger partial charge on any atom is -0.491 e. The molecule has 0 spiro atoms. The highest BCUT2D eigenvalue weighted by Crippen LogP contribution is 2.24. The van der Waals surface area contributed by atoms with Crippen molar-refractivity contribution in [3.63, 3.8) is 0 Å². The van der Waals surface area contributed by atoms with Crippen LogP contribution < -0.4 is 9.47 Å². The van der Waals surface area contributed by atoms with Crippen molar-refractivity contribution in [3.05, 3.63) is 94.3 Å². The molecule has 1 heterocycles. The molecule has 33 heavy (non-hydrogen) atoms. The highest BCUT2D eigenvalue weighted by molar-refractivity contribution is 6.30. The second-order valence-electron chi connectivity index (χ2n) is 7.77. The van der Waals surface area contributed by atoms with E-state index in [4.69, 9.17) is 25.8 Å². The van der Waals surface area contributed by atoms with Crippen molar-refractivity contribution in [1.82, 2.24) is 4.90 Å². The van der Waals surface area contributed by atoms with E-state index in [0.29, 0.717) is 55.9 Å². The molecule has 0 saturated carbocycles. The zero-order valence-corrected chi connectivity index (χ0v) is 18.9. The van der Waals surface area contributed by atoms with Crippen LogP contribution in [0.25, 0.3) is 0 Å². The summed E-state index contributed by atoms with van der Waals surface area (Å²) in [5.74, 6) is 0.785. The Labute approximate surface area is 197 Å². The van der Waals surface area contributed by atoms with Crippen molar-refractivity contribution < 1.29 is 23.4 Å². The monoisotopic (exact) mass is 469 g/mol. The summed E-state index contributed by atoms with van der Waals surface area (Å²) in [5.41, 5.74) is 2.76. The summed E-state index contributed by atoms with van der Waals surface area (Å²) in [6.45, 7) is 1.84. The van der Waals surface area contributed by atoms with Crippen LogP contribution in [-0.2, 0) is 22.5 Å². The molecule has 0 atom stereocenters. The number of carbonyl (C=O) groups is 1. The third-order valence-electron chi connectivity index (χ3n) is 5.30. The largest absolute Gasteiger partial charge is 0.491 e. The molecule has 0 radical (unpaired) electrons. The van der Waals surface area contributed by atoms with E-state index in [0.717, 1.165) is 16.7 Å². The van der Waals surface area contributed by atoms with Crippen LogP contribution in [0, 0.1) is 5.82 Å². The highest BCUT2D eigenvalue weighted by Gasteiger charge is 2.16. The van der Waals surface area contributed by atoms with Gasteiger partial charge in [-0.05, 0) is 53.6 Å². The molecule has 3 aromatic rings. The van der Waals surface area contributed by atoms with Gasteiger partial charge in [0.05, 0.1) is 13.2 Å². The molecule has 0 unspecified atom stereocenters. The Morgan fingerprint density at radius 3 is 2.67 bits per heavy atom. The first kappa shape index (κ1) is 23.1. The SMILES string of the molecule is O=C(COc1ccc(Cl)cc1)N1CCOCCOc2ccc(F)cc2Cc2cccc(c2)C1. The van der Waals surface area contributed by atoms with Crippen LogP contribution in [0.5, 0.6) is 11.5 Å². The number of carbonyl (C=O) groups excluding carboxylic acids is 1. The second kappa shape index (κ2) is 11.2. The molecule has 0 aromatic heterocycles. The lowest BCUT2D eigenvalue weighted by atomic mass is 10.0. The number of benzene rings is 3. The molecule has 3 aromatic carbocycles. The maximum atomic E-state index is 13.9. The summed E-state index contributed by atoms with van der Waals surface area (Å²) >= 11 is 5.90. The predicted molar refractivity (Wildman–Crippen MR) is 124 cm³/mol. The molecule has 1 amide bonds. The predicted octanol–water partition coefficient (Wildman–Crippen LogP) is 4.89. The fraction of sp³-hybridized carbons (Fsp3) is 0.269. The zero-order chi connectivity index (χ0) is 23.0. The lowest BCUT2D eigenvalue weighted by molar-refractivity contribution is -0.134. The van der Waals surface area contributed by atoms with Crippen molar-refractivity contribution >= 4 is 17.5 Å². The first-order chi connectivity index (χ1) is 16.1. The maximum absolute atomic E-state index is 13.9. The Balaban J connectivity index is 1.50. The molecule has 0 fully saturated rings. The smallest absolute Gasteiger partial charge is 0.260 e. The average Bonchev–Trinajstić information content (AvgIpc) is 2.81. The third-order valence-corrected chi connectivity index (χ3v) is 5.55. The Bertz CT molecular complexity index is 1090. The molecule has 7 heteroatoms. The molecule has 4 rings (SSSR count). The van der Waals surface area contributed by atoms with E-state index >= 15 is 0 Å². The average molecular weight is 470 g/mol. The van der Waals surface area contributed by atoms with Gasteiger partial charge in [0.25, 0.3) is 5.91 Å². The zero-order valence-electron chi connectivity index (χ0n) is 18.1. The van der Waals surface area contributed by atoms with Gasteiger partial charge in [-0.25, -0.2) is 4.39 Å². The Kier molecular flexibility index (Phi) is 7.81. The van der Waals surface area contributed by atoms with Gasteiger partial charge in [-0.15, -0.1) is 0 Å². The maximum Gasteiger partial charge on any atom is 0.260 e. The van der Waals surface area contributed by atoms with Gasteiger partial charge in [0, 0.05) is 30.1 Å². The van der Waals surface area contributed by atoms with Gasteiger partial charge >= 0.3 is 0 Å². The van der Waals surface area contributed by atoms with Crippen molar-refractivity contribution in [1.29, 1.82) is 0 Å². The first-order valence-corrected chi connectivity index (χ1v) is 11.2. The number of hydrogen-bond donors (Lipinski definition) is 0. The van der Waals surface area contributed by atoms with Crippen molar-refractivity contribution in [2.45, 2.75) is 13.0 Å². The lowest BCUT2D eigenvalue weighted by Crippen LogP contribution is -2.37. The van der Waals surface area contributed by atoms with Crippen LogP contribution in [0.4, 0.5) is 4.39 Å². The number of hydrogen-bond acceptors (Lipinski definition) is 4. The number of nitrogens with zero attached hydrogens (tertiary/aromatic N) is 1.